The predicted octanol–water partition coefficient (Wildman–Crippen LogP) is 5.00. The molecule has 0 radical (unpaired) electrons. The summed E-state index contributed by atoms with van der Waals surface area (Å²) in [6.07, 6.45) is 5.84. The van der Waals surface area contributed by atoms with Gasteiger partial charge in [0, 0.05) is 47.8 Å². The van der Waals surface area contributed by atoms with Gasteiger partial charge in [0.1, 0.15) is 5.82 Å². The zero-order valence-electron chi connectivity index (χ0n) is 21.5. The molecule has 1 aromatic carbocycles. The number of piperidine rings is 1. The van der Waals surface area contributed by atoms with Crippen LogP contribution in [0.15, 0.2) is 54.9 Å². The number of rotatable bonds is 6. The monoisotopic (exact) mass is 496 g/mol. The molecule has 1 aliphatic rings. The summed E-state index contributed by atoms with van der Waals surface area (Å²) < 4.78 is 1.54. The first-order chi connectivity index (χ1) is 17.9. The van der Waals surface area contributed by atoms with Crippen LogP contribution in [0.3, 0.4) is 0 Å². The summed E-state index contributed by atoms with van der Waals surface area (Å²) in [5, 5.41) is 4.46. The molecule has 2 N–H and O–H groups in total. The molecule has 0 spiro atoms. The van der Waals surface area contributed by atoms with E-state index in [4.69, 9.17) is 10.7 Å². The lowest BCUT2D eigenvalue weighted by Crippen LogP contribution is -2.41. The topological polar surface area (TPSA) is 106 Å². The number of Topliss-reactive ketones (excluding diaryl/α,β-unsaturated/α-hetero) is 1. The quantitative estimate of drug-likeness (QED) is 0.377. The number of aromatic nitrogens is 4. The van der Waals surface area contributed by atoms with Crippen LogP contribution in [-0.4, -0.2) is 49.3 Å². The van der Waals surface area contributed by atoms with Crippen LogP contribution in [0, 0.1) is 5.92 Å². The number of fused-ring (bicyclic) bond motifs is 1. The van der Waals surface area contributed by atoms with Crippen molar-refractivity contribution < 1.29 is 9.59 Å². The van der Waals surface area contributed by atoms with E-state index >= 15 is 0 Å². The minimum Gasteiger partial charge on any atom is -0.383 e. The van der Waals surface area contributed by atoms with Crippen LogP contribution in [0.5, 0.6) is 0 Å². The molecule has 1 atom stereocenters. The van der Waals surface area contributed by atoms with Crippen molar-refractivity contribution in [1.82, 2.24) is 24.5 Å². The average Bonchev–Trinajstić information content (AvgIpc) is 3.37. The van der Waals surface area contributed by atoms with E-state index in [1.54, 1.807) is 10.7 Å². The molecule has 0 saturated carbocycles. The van der Waals surface area contributed by atoms with Crippen LogP contribution >= 0.6 is 0 Å². The van der Waals surface area contributed by atoms with Crippen molar-refractivity contribution in [2.45, 2.75) is 46.0 Å². The summed E-state index contributed by atoms with van der Waals surface area (Å²) in [7, 11) is 0. The van der Waals surface area contributed by atoms with Gasteiger partial charge in [0.05, 0.1) is 23.1 Å². The molecule has 0 aliphatic carbocycles. The molecule has 37 heavy (non-hydrogen) atoms. The summed E-state index contributed by atoms with van der Waals surface area (Å²) in [5.41, 5.74) is 11.8. The molecular formula is C29H32N6O2. The maximum Gasteiger partial charge on any atom is 0.225 e. The summed E-state index contributed by atoms with van der Waals surface area (Å²) >= 11 is 0. The van der Waals surface area contributed by atoms with Gasteiger partial charge in [-0.3, -0.25) is 14.6 Å². The molecule has 1 amide bonds. The maximum absolute atomic E-state index is 12.7. The first-order valence-electron chi connectivity index (χ1n) is 12.9. The average molecular weight is 497 g/mol. The molecule has 0 bridgehead atoms. The second-order valence-corrected chi connectivity index (χ2v) is 9.81. The number of carbonyl (C=O) groups excluding carboxylic acids is 2. The van der Waals surface area contributed by atoms with Crippen LogP contribution < -0.4 is 5.73 Å². The van der Waals surface area contributed by atoms with Crippen molar-refractivity contribution in [2.75, 3.05) is 18.8 Å². The van der Waals surface area contributed by atoms with Crippen molar-refractivity contribution >= 4 is 23.2 Å². The molecule has 1 saturated heterocycles. The standard InChI is InChI=1S/C29H32N6O2/c1-4-18(2)29(37)34-14-12-21(13-15-34)26-25(19(3)36)27(30)35-28(33-26)23(17-32-35)22-10-11-24(31-16-22)20-8-6-5-7-9-20/h5-11,16-18,21H,4,12-15,30H2,1-3H3. The zero-order valence-corrected chi connectivity index (χ0v) is 21.5. The van der Waals surface area contributed by atoms with E-state index in [2.05, 4.69) is 10.1 Å². The number of benzene rings is 1. The number of carbonyl (C=O) groups is 2. The third-order valence-electron chi connectivity index (χ3n) is 7.43. The second-order valence-electron chi connectivity index (χ2n) is 9.81. The Kier molecular flexibility index (Phi) is 6.74. The van der Waals surface area contributed by atoms with Gasteiger partial charge in [0.15, 0.2) is 11.4 Å². The number of hydrogen-bond donors (Lipinski definition) is 1. The van der Waals surface area contributed by atoms with Gasteiger partial charge in [0.2, 0.25) is 5.91 Å². The van der Waals surface area contributed by atoms with Crippen molar-refractivity contribution in [3.8, 4) is 22.4 Å². The number of anilines is 1. The normalized spacial score (nSPS) is 15.2. The van der Waals surface area contributed by atoms with E-state index in [-0.39, 0.29) is 23.5 Å². The lowest BCUT2D eigenvalue weighted by Gasteiger charge is -2.34. The van der Waals surface area contributed by atoms with Crippen molar-refractivity contribution in [2.24, 2.45) is 5.92 Å². The SMILES string of the molecule is CCC(C)C(=O)N1CCC(c2nc3c(-c4ccc(-c5ccccc5)nc4)cnn3c(N)c2C(C)=O)CC1. The number of nitrogens with two attached hydrogens (primary N) is 1. The highest BCUT2D eigenvalue weighted by Gasteiger charge is 2.31. The van der Waals surface area contributed by atoms with E-state index in [1.165, 1.54) is 6.92 Å². The number of amides is 1. The van der Waals surface area contributed by atoms with Crippen LogP contribution in [0.4, 0.5) is 5.82 Å². The fourth-order valence-electron chi connectivity index (χ4n) is 5.09. The third kappa shape index (κ3) is 4.59. The van der Waals surface area contributed by atoms with Gasteiger partial charge >= 0.3 is 0 Å². The highest BCUT2D eigenvalue weighted by Crippen LogP contribution is 2.35. The predicted molar refractivity (Wildman–Crippen MR) is 144 cm³/mol. The molecule has 8 heteroatoms. The van der Waals surface area contributed by atoms with Gasteiger partial charge in [-0.2, -0.15) is 9.61 Å². The number of pyridine rings is 1. The molecule has 8 nitrogen and oxygen atoms in total. The molecular weight excluding hydrogens is 464 g/mol. The largest absolute Gasteiger partial charge is 0.383 e. The van der Waals surface area contributed by atoms with Gasteiger partial charge in [0.25, 0.3) is 0 Å². The fourth-order valence-corrected chi connectivity index (χ4v) is 5.09. The van der Waals surface area contributed by atoms with Gasteiger partial charge in [-0.05, 0) is 32.3 Å². The van der Waals surface area contributed by atoms with E-state index in [0.29, 0.717) is 35.8 Å². The van der Waals surface area contributed by atoms with Crippen LogP contribution in [0.2, 0.25) is 0 Å². The van der Waals surface area contributed by atoms with Crippen LogP contribution in [0.25, 0.3) is 28.0 Å². The van der Waals surface area contributed by atoms with Gasteiger partial charge in [-0.15, -0.1) is 0 Å². The number of nitrogens with zero attached hydrogens (tertiary/aromatic N) is 5. The molecule has 4 aromatic rings. The first kappa shape index (κ1) is 24.6. The Morgan fingerprint density at radius 1 is 1.05 bits per heavy atom. The van der Waals surface area contributed by atoms with E-state index in [1.807, 2.05) is 67.4 Å². The number of likely N-dealkylation sites (tertiary alicyclic amines) is 1. The molecule has 5 rings (SSSR count). The molecule has 1 aliphatic heterocycles. The van der Waals surface area contributed by atoms with E-state index in [9.17, 15) is 9.59 Å². The highest BCUT2D eigenvalue weighted by molar-refractivity contribution is 6.00. The molecule has 3 aromatic heterocycles. The second kappa shape index (κ2) is 10.1. The zero-order chi connectivity index (χ0) is 26.1. The van der Waals surface area contributed by atoms with Crippen LogP contribution in [-0.2, 0) is 4.79 Å². The van der Waals surface area contributed by atoms with E-state index < -0.39 is 0 Å². The summed E-state index contributed by atoms with van der Waals surface area (Å²) in [6.45, 7) is 6.82. The summed E-state index contributed by atoms with van der Waals surface area (Å²) in [4.78, 5) is 36.9. The molecule has 4 heterocycles. The smallest absolute Gasteiger partial charge is 0.225 e. The summed E-state index contributed by atoms with van der Waals surface area (Å²) in [6, 6.07) is 14.0. The molecule has 1 unspecified atom stereocenters. The van der Waals surface area contributed by atoms with Crippen molar-refractivity contribution in [3.05, 3.63) is 66.1 Å². The minimum atomic E-state index is -0.133. The Balaban J connectivity index is 1.50. The van der Waals surface area contributed by atoms with Crippen LogP contribution in [0.1, 0.15) is 62.0 Å². The minimum absolute atomic E-state index is 0.0192. The Morgan fingerprint density at radius 3 is 2.41 bits per heavy atom. The molecule has 190 valence electrons. The number of nitrogen functional groups attached to an aromatic ring is 1. The maximum atomic E-state index is 12.7. The first-order valence-corrected chi connectivity index (χ1v) is 12.9. The van der Waals surface area contributed by atoms with Crippen molar-refractivity contribution in [1.29, 1.82) is 0 Å². The van der Waals surface area contributed by atoms with Gasteiger partial charge in [-0.1, -0.05) is 50.2 Å². The number of hydrogen-bond acceptors (Lipinski definition) is 6. The Morgan fingerprint density at radius 2 is 1.78 bits per heavy atom. The molecule has 1 fully saturated rings. The Hall–Kier alpha value is -4.07. The third-order valence-corrected chi connectivity index (χ3v) is 7.43. The van der Waals surface area contributed by atoms with Gasteiger partial charge in [-0.25, -0.2) is 4.98 Å². The number of ketones is 1. The lowest BCUT2D eigenvalue weighted by molar-refractivity contribution is -0.136. The highest BCUT2D eigenvalue weighted by atomic mass is 16.2. The van der Waals surface area contributed by atoms with Gasteiger partial charge < -0.3 is 10.6 Å². The Labute approximate surface area is 216 Å². The lowest BCUT2D eigenvalue weighted by atomic mass is 9.89. The Bertz CT molecular complexity index is 1440. The van der Waals surface area contributed by atoms with E-state index in [0.717, 1.165) is 41.6 Å². The van der Waals surface area contributed by atoms with Crippen molar-refractivity contribution in [3.63, 3.8) is 0 Å². The fraction of sp³-hybridized carbons (Fsp3) is 0.345. The summed E-state index contributed by atoms with van der Waals surface area (Å²) in [5.74, 6) is 0.413.